The molecule has 1 atom stereocenters. The van der Waals surface area contributed by atoms with Gasteiger partial charge in [-0.15, -0.1) is 0 Å². The Kier molecular flexibility index (Phi) is 6.31. The van der Waals surface area contributed by atoms with Crippen LogP contribution < -0.4 is 11.0 Å². The maximum absolute atomic E-state index is 13.8. The second-order valence-corrected chi connectivity index (χ2v) is 10.2. The molecule has 4 rings (SSSR count). The van der Waals surface area contributed by atoms with Crippen LogP contribution in [-0.4, -0.2) is 40.8 Å². The molecule has 1 amide bonds. The summed E-state index contributed by atoms with van der Waals surface area (Å²) < 4.78 is 42.8. The van der Waals surface area contributed by atoms with Crippen LogP contribution in [0.1, 0.15) is 31.7 Å². The fourth-order valence-corrected chi connectivity index (χ4v) is 5.81. The van der Waals surface area contributed by atoms with Crippen molar-refractivity contribution in [2.45, 2.75) is 50.6 Å². The van der Waals surface area contributed by atoms with Gasteiger partial charge in [-0.25, -0.2) is 22.6 Å². The monoisotopic (exact) mass is 472 g/mol. The zero-order valence-corrected chi connectivity index (χ0v) is 19.2. The third-order valence-corrected chi connectivity index (χ3v) is 7.95. The van der Waals surface area contributed by atoms with Gasteiger partial charge in [0.05, 0.1) is 10.4 Å². The summed E-state index contributed by atoms with van der Waals surface area (Å²) in [4.78, 5) is 28.8. The first-order valence-electron chi connectivity index (χ1n) is 10.7. The van der Waals surface area contributed by atoms with Crippen molar-refractivity contribution in [1.82, 2.24) is 13.9 Å². The molecular weight excluding hydrogens is 447 g/mol. The molecule has 10 heteroatoms. The van der Waals surface area contributed by atoms with Gasteiger partial charge in [0.1, 0.15) is 12.4 Å². The van der Waals surface area contributed by atoms with Crippen LogP contribution in [0.25, 0.3) is 10.9 Å². The first-order valence-corrected chi connectivity index (χ1v) is 12.2. The number of nitrogens with zero attached hydrogens (tertiary/aromatic N) is 3. The normalized spacial score (nSPS) is 17.2. The molecule has 0 aliphatic carbocycles. The number of aryl methyl sites for hydroxylation is 1. The van der Waals surface area contributed by atoms with E-state index in [1.165, 1.54) is 34.8 Å². The number of anilines is 1. The lowest BCUT2D eigenvalue weighted by Crippen LogP contribution is -2.41. The van der Waals surface area contributed by atoms with Crippen LogP contribution in [0.5, 0.6) is 0 Å². The fraction of sp³-hybridized carbons (Fsp3) is 0.348. The van der Waals surface area contributed by atoms with Gasteiger partial charge in [0.2, 0.25) is 15.9 Å². The van der Waals surface area contributed by atoms with E-state index in [0.717, 1.165) is 23.8 Å². The molecule has 1 aromatic heterocycles. The molecule has 0 saturated carbocycles. The zero-order chi connectivity index (χ0) is 23.8. The van der Waals surface area contributed by atoms with Gasteiger partial charge in [0, 0.05) is 29.9 Å². The molecule has 2 heterocycles. The minimum Gasteiger partial charge on any atom is -0.324 e. The van der Waals surface area contributed by atoms with Crippen LogP contribution >= 0.6 is 0 Å². The molecule has 1 aliphatic heterocycles. The molecule has 0 spiro atoms. The predicted molar refractivity (Wildman–Crippen MR) is 123 cm³/mol. The molecule has 174 valence electrons. The summed E-state index contributed by atoms with van der Waals surface area (Å²) in [6, 6.07) is 8.67. The molecule has 1 fully saturated rings. The molecule has 8 nitrogen and oxygen atoms in total. The van der Waals surface area contributed by atoms with Gasteiger partial charge in [-0.05, 0) is 62.6 Å². The Morgan fingerprint density at radius 2 is 2.00 bits per heavy atom. The molecule has 0 radical (unpaired) electrons. The molecular formula is C23H25FN4O4S. The smallest absolute Gasteiger partial charge is 0.324 e. The summed E-state index contributed by atoms with van der Waals surface area (Å²) in [7, 11) is -3.69. The van der Waals surface area contributed by atoms with Crippen LogP contribution in [-0.2, 0) is 21.4 Å². The number of carbonyl (C=O) groups is 1. The largest absolute Gasteiger partial charge is 0.348 e. The lowest BCUT2D eigenvalue weighted by Gasteiger charge is -2.32. The summed E-state index contributed by atoms with van der Waals surface area (Å²) >= 11 is 0. The van der Waals surface area contributed by atoms with Crippen LogP contribution in [0.15, 0.2) is 52.3 Å². The topological polar surface area (TPSA) is 101 Å². The van der Waals surface area contributed by atoms with Gasteiger partial charge in [-0.3, -0.25) is 9.36 Å². The van der Waals surface area contributed by atoms with Gasteiger partial charge < -0.3 is 5.32 Å². The number of carbonyl (C=O) groups excluding carboxylic acids is 1. The number of sulfonamides is 1. The van der Waals surface area contributed by atoms with E-state index in [1.807, 2.05) is 6.92 Å². The quantitative estimate of drug-likeness (QED) is 0.615. The zero-order valence-electron chi connectivity index (χ0n) is 18.4. The maximum Gasteiger partial charge on any atom is 0.348 e. The van der Waals surface area contributed by atoms with E-state index in [-0.39, 0.29) is 23.2 Å². The van der Waals surface area contributed by atoms with E-state index < -0.39 is 27.4 Å². The first kappa shape index (κ1) is 23.1. The van der Waals surface area contributed by atoms with E-state index in [1.54, 1.807) is 19.1 Å². The summed E-state index contributed by atoms with van der Waals surface area (Å²) in [6.45, 7) is 3.63. The Morgan fingerprint density at radius 1 is 1.21 bits per heavy atom. The van der Waals surface area contributed by atoms with E-state index in [9.17, 15) is 22.4 Å². The number of amides is 1. The molecule has 0 unspecified atom stereocenters. The Labute approximate surface area is 191 Å². The van der Waals surface area contributed by atoms with Crippen molar-refractivity contribution in [2.24, 2.45) is 0 Å². The number of rotatable bonds is 5. The van der Waals surface area contributed by atoms with Crippen molar-refractivity contribution < 1.29 is 17.6 Å². The third kappa shape index (κ3) is 4.67. The highest BCUT2D eigenvalue weighted by molar-refractivity contribution is 7.89. The van der Waals surface area contributed by atoms with Crippen molar-refractivity contribution in [3.63, 3.8) is 0 Å². The number of halogens is 1. The van der Waals surface area contributed by atoms with Crippen LogP contribution in [0, 0.1) is 12.7 Å². The van der Waals surface area contributed by atoms with E-state index in [4.69, 9.17) is 0 Å². The van der Waals surface area contributed by atoms with Crippen molar-refractivity contribution in [3.05, 3.63) is 64.5 Å². The number of hydrogen-bond donors (Lipinski definition) is 1. The van der Waals surface area contributed by atoms with Crippen molar-refractivity contribution in [3.8, 4) is 0 Å². The summed E-state index contributed by atoms with van der Waals surface area (Å²) in [6.07, 6.45) is 3.94. The van der Waals surface area contributed by atoms with E-state index in [2.05, 4.69) is 10.3 Å². The lowest BCUT2D eigenvalue weighted by atomic mass is 10.1. The summed E-state index contributed by atoms with van der Waals surface area (Å²) in [5, 5.41) is 2.99. The number of piperidine rings is 1. The van der Waals surface area contributed by atoms with E-state index in [0.29, 0.717) is 23.0 Å². The van der Waals surface area contributed by atoms with Gasteiger partial charge in [0.15, 0.2) is 0 Å². The molecule has 1 saturated heterocycles. The van der Waals surface area contributed by atoms with Gasteiger partial charge in [-0.1, -0.05) is 12.5 Å². The van der Waals surface area contributed by atoms with Gasteiger partial charge in [-0.2, -0.15) is 4.31 Å². The lowest BCUT2D eigenvalue weighted by molar-refractivity contribution is -0.116. The molecule has 33 heavy (non-hydrogen) atoms. The third-order valence-electron chi connectivity index (χ3n) is 5.94. The average Bonchev–Trinajstić information content (AvgIpc) is 2.78. The second-order valence-electron chi connectivity index (χ2n) is 8.32. The number of benzene rings is 2. The van der Waals surface area contributed by atoms with Crippen LogP contribution in [0.4, 0.5) is 10.1 Å². The van der Waals surface area contributed by atoms with E-state index >= 15 is 0 Å². The minimum atomic E-state index is -3.69. The summed E-state index contributed by atoms with van der Waals surface area (Å²) in [5.74, 6) is -0.984. The average molecular weight is 473 g/mol. The van der Waals surface area contributed by atoms with Gasteiger partial charge in [0.25, 0.3) is 0 Å². The van der Waals surface area contributed by atoms with Crippen LogP contribution in [0.2, 0.25) is 0 Å². The van der Waals surface area contributed by atoms with Crippen molar-refractivity contribution in [2.75, 3.05) is 11.9 Å². The minimum absolute atomic E-state index is 0.0816. The first-order chi connectivity index (χ1) is 15.7. The molecule has 3 aromatic rings. The Bertz CT molecular complexity index is 1390. The molecule has 0 bridgehead atoms. The summed E-state index contributed by atoms with van der Waals surface area (Å²) in [5.41, 5.74) is 0.458. The van der Waals surface area contributed by atoms with Gasteiger partial charge >= 0.3 is 5.69 Å². The fourth-order valence-electron chi connectivity index (χ4n) is 4.07. The second kappa shape index (κ2) is 9.03. The Morgan fingerprint density at radius 3 is 2.73 bits per heavy atom. The number of fused-ring (bicyclic) bond motifs is 1. The highest BCUT2D eigenvalue weighted by Gasteiger charge is 2.31. The molecule has 1 N–H and O–H groups in total. The van der Waals surface area contributed by atoms with Crippen molar-refractivity contribution in [1.29, 1.82) is 0 Å². The Hall–Kier alpha value is -3.11. The Balaban J connectivity index is 1.63. The molecule has 1 aliphatic rings. The highest BCUT2D eigenvalue weighted by atomic mass is 32.2. The maximum atomic E-state index is 13.8. The molecule has 2 aromatic carbocycles. The van der Waals surface area contributed by atoms with Crippen LogP contribution in [0.3, 0.4) is 0 Å². The van der Waals surface area contributed by atoms with Crippen molar-refractivity contribution >= 4 is 32.5 Å². The number of nitrogens with one attached hydrogen (secondary N) is 1. The number of hydrogen-bond acceptors (Lipinski definition) is 5. The number of aromatic nitrogens is 2. The highest BCUT2D eigenvalue weighted by Crippen LogP contribution is 2.27. The predicted octanol–water partition coefficient (Wildman–Crippen LogP) is 3.05. The standard InChI is InChI=1S/C23H25FN4O4S/c1-15-6-7-18(12-20(15)24)26-22(29)14-27-21-9-8-19(11-17(21)13-25-23(27)30)33(31,32)28-10-4-3-5-16(28)2/h6-9,11-13,16H,3-5,10,14H2,1-2H3,(H,26,29)/t16-/m1/s1. The SMILES string of the molecule is Cc1ccc(NC(=O)Cn2c(=O)ncc3cc(S(=O)(=O)N4CCCC[C@H]4C)ccc32)cc1F.